The van der Waals surface area contributed by atoms with E-state index >= 15 is 0 Å². The van der Waals surface area contributed by atoms with Crippen molar-refractivity contribution in [2.45, 2.75) is 103 Å². The number of ether oxygens (including phenoxy) is 2. The van der Waals surface area contributed by atoms with Crippen LogP contribution in [0.25, 0.3) is 0 Å². The van der Waals surface area contributed by atoms with Crippen LogP contribution in [0.15, 0.2) is 24.3 Å². The minimum absolute atomic E-state index is 0.117. The Balaban J connectivity index is 1.43. The number of benzene rings is 1. The summed E-state index contributed by atoms with van der Waals surface area (Å²) < 4.78 is 12.2. The Kier molecular flexibility index (Phi) is 8.67. The molecule has 1 aromatic carbocycles. The molecule has 27 heavy (non-hydrogen) atoms. The molecule has 0 amide bonds. The Morgan fingerprint density at radius 3 is 2.07 bits per heavy atom. The van der Waals surface area contributed by atoms with Crippen LogP contribution in [0.3, 0.4) is 0 Å². The van der Waals surface area contributed by atoms with Gasteiger partial charge < -0.3 is 9.47 Å². The molecule has 1 aromatic rings. The van der Waals surface area contributed by atoms with Gasteiger partial charge in [-0.25, -0.2) is 0 Å². The molecular weight excluding hydrogens is 332 g/mol. The van der Waals surface area contributed by atoms with Gasteiger partial charge in [0.1, 0.15) is 6.10 Å². The third-order valence-corrected chi connectivity index (χ3v) is 6.69. The van der Waals surface area contributed by atoms with Crippen LogP contribution in [0.1, 0.15) is 108 Å². The minimum Gasteiger partial charge on any atom is -0.373 e. The lowest BCUT2D eigenvalue weighted by atomic mass is 9.77. The summed E-state index contributed by atoms with van der Waals surface area (Å²) in [5.41, 5.74) is 2.81. The molecule has 0 bridgehead atoms. The van der Waals surface area contributed by atoms with Crippen molar-refractivity contribution in [1.29, 1.82) is 0 Å². The second-order valence-electron chi connectivity index (χ2n) is 8.80. The van der Waals surface area contributed by atoms with E-state index in [1.807, 2.05) is 0 Å². The van der Waals surface area contributed by atoms with E-state index in [1.165, 1.54) is 75.3 Å². The summed E-state index contributed by atoms with van der Waals surface area (Å²) in [4.78, 5) is 0. The van der Waals surface area contributed by atoms with Crippen molar-refractivity contribution in [2.24, 2.45) is 5.92 Å². The highest BCUT2D eigenvalue weighted by atomic mass is 16.6. The fraction of sp³-hybridized carbons (Fsp3) is 0.760. The van der Waals surface area contributed by atoms with Crippen LogP contribution in [0, 0.1) is 5.92 Å². The standard InChI is InChI=1S/C25H40O2/c1-3-5-7-9-24-18-27-25(19-26-24)23-16-14-22(15-17-23)21-12-10-20(11-13-21)8-6-4-2/h14-17,20-21,24-25H,3-13,18-19H2,1-2H3/t20-,21-,24-,25-/m0/s1. The topological polar surface area (TPSA) is 18.5 Å². The lowest BCUT2D eigenvalue weighted by Crippen LogP contribution is -2.31. The molecule has 2 atom stereocenters. The zero-order chi connectivity index (χ0) is 18.9. The molecule has 0 radical (unpaired) electrons. The molecule has 0 unspecified atom stereocenters. The summed E-state index contributed by atoms with van der Waals surface area (Å²) in [6.07, 6.45) is 15.2. The molecule has 1 heterocycles. The molecule has 152 valence electrons. The summed E-state index contributed by atoms with van der Waals surface area (Å²) >= 11 is 0. The molecule has 2 heteroatoms. The molecular formula is C25H40O2. The van der Waals surface area contributed by atoms with Gasteiger partial charge in [0.15, 0.2) is 0 Å². The number of rotatable bonds is 9. The maximum atomic E-state index is 6.12. The van der Waals surface area contributed by atoms with Gasteiger partial charge in [-0.3, -0.25) is 0 Å². The third-order valence-electron chi connectivity index (χ3n) is 6.69. The van der Waals surface area contributed by atoms with Crippen molar-refractivity contribution >= 4 is 0 Å². The first-order chi connectivity index (χ1) is 13.3. The fourth-order valence-electron chi connectivity index (χ4n) is 4.78. The van der Waals surface area contributed by atoms with E-state index in [9.17, 15) is 0 Å². The normalized spacial score (nSPS) is 29.0. The average molecular weight is 373 g/mol. The zero-order valence-corrected chi connectivity index (χ0v) is 17.6. The van der Waals surface area contributed by atoms with E-state index < -0.39 is 0 Å². The second-order valence-corrected chi connectivity index (χ2v) is 8.80. The smallest absolute Gasteiger partial charge is 0.106 e. The van der Waals surface area contributed by atoms with Crippen molar-refractivity contribution in [1.82, 2.24) is 0 Å². The molecule has 1 aliphatic heterocycles. The van der Waals surface area contributed by atoms with Crippen LogP contribution in [0.2, 0.25) is 0 Å². The monoisotopic (exact) mass is 372 g/mol. The Bertz CT molecular complexity index is 508. The lowest BCUT2D eigenvalue weighted by Gasteiger charge is -2.31. The molecule has 0 aromatic heterocycles. The van der Waals surface area contributed by atoms with Crippen LogP contribution >= 0.6 is 0 Å². The van der Waals surface area contributed by atoms with Gasteiger partial charge in [-0.1, -0.05) is 76.6 Å². The third kappa shape index (κ3) is 6.32. The first kappa shape index (κ1) is 20.9. The maximum absolute atomic E-state index is 6.12. The number of unbranched alkanes of at least 4 members (excludes halogenated alkanes) is 3. The van der Waals surface area contributed by atoms with Gasteiger partial charge >= 0.3 is 0 Å². The van der Waals surface area contributed by atoms with Crippen LogP contribution in [-0.4, -0.2) is 19.3 Å². The van der Waals surface area contributed by atoms with Crippen molar-refractivity contribution in [3.63, 3.8) is 0 Å². The molecule has 3 rings (SSSR count). The highest BCUT2D eigenvalue weighted by Crippen LogP contribution is 2.38. The SMILES string of the molecule is CCCCC[C@H]1CO[C@H](c2ccc([C@H]3CC[C@H](CCCC)CC3)cc2)CO1. The van der Waals surface area contributed by atoms with Crippen LogP contribution in [-0.2, 0) is 9.47 Å². The summed E-state index contributed by atoms with van der Waals surface area (Å²) in [5, 5.41) is 0. The van der Waals surface area contributed by atoms with E-state index in [0.717, 1.165) is 24.9 Å². The van der Waals surface area contributed by atoms with Crippen molar-refractivity contribution in [3.8, 4) is 0 Å². The molecule has 0 N–H and O–H groups in total. The van der Waals surface area contributed by atoms with Gasteiger partial charge in [0.05, 0.1) is 19.3 Å². The highest BCUT2D eigenvalue weighted by Gasteiger charge is 2.25. The second kappa shape index (κ2) is 11.2. The van der Waals surface area contributed by atoms with Crippen LogP contribution in [0.5, 0.6) is 0 Å². The van der Waals surface area contributed by atoms with Gasteiger partial charge in [0.2, 0.25) is 0 Å². The van der Waals surface area contributed by atoms with Gasteiger partial charge in [0, 0.05) is 0 Å². The molecule has 1 saturated carbocycles. The van der Waals surface area contributed by atoms with E-state index in [2.05, 4.69) is 38.1 Å². The largest absolute Gasteiger partial charge is 0.373 e. The van der Waals surface area contributed by atoms with E-state index in [4.69, 9.17) is 9.47 Å². The van der Waals surface area contributed by atoms with Gasteiger partial charge in [0.25, 0.3) is 0 Å². The van der Waals surface area contributed by atoms with Crippen LogP contribution in [0.4, 0.5) is 0 Å². The molecule has 1 saturated heterocycles. The molecule has 1 aliphatic carbocycles. The quantitative estimate of drug-likeness (QED) is 0.427. The Labute approximate surface area is 167 Å². The number of hydrogen-bond donors (Lipinski definition) is 0. The summed E-state index contributed by atoms with van der Waals surface area (Å²) in [6.45, 7) is 6.01. The first-order valence-corrected chi connectivity index (χ1v) is 11.6. The van der Waals surface area contributed by atoms with Crippen molar-refractivity contribution < 1.29 is 9.47 Å². The molecule has 2 fully saturated rings. The van der Waals surface area contributed by atoms with Crippen molar-refractivity contribution in [3.05, 3.63) is 35.4 Å². The zero-order valence-electron chi connectivity index (χ0n) is 17.6. The summed E-state index contributed by atoms with van der Waals surface area (Å²) in [6, 6.07) is 9.26. The first-order valence-electron chi connectivity index (χ1n) is 11.6. The minimum atomic E-state index is 0.117. The van der Waals surface area contributed by atoms with E-state index in [1.54, 1.807) is 0 Å². The average Bonchev–Trinajstić information content (AvgIpc) is 2.73. The predicted octanol–water partition coefficient (Wildman–Crippen LogP) is 7.19. The van der Waals surface area contributed by atoms with Crippen molar-refractivity contribution in [2.75, 3.05) is 13.2 Å². The maximum Gasteiger partial charge on any atom is 0.106 e. The van der Waals surface area contributed by atoms with Gasteiger partial charge in [-0.15, -0.1) is 0 Å². The predicted molar refractivity (Wildman–Crippen MR) is 113 cm³/mol. The lowest BCUT2D eigenvalue weighted by molar-refractivity contribution is -0.137. The van der Waals surface area contributed by atoms with Crippen LogP contribution < -0.4 is 0 Å². The highest BCUT2D eigenvalue weighted by molar-refractivity contribution is 5.27. The molecule has 0 spiro atoms. The van der Waals surface area contributed by atoms with Gasteiger partial charge in [-0.05, 0) is 55.1 Å². The summed E-state index contributed by atoms with van der Waals surface area (Å²) in [7, 11) is 0. The fourth-order valence-corrected chi connectivity index (χ4v) is 4.78. The Morgan fingerprint density at radius 2 is 1.44 bits per heavy atom. The summed E-state index contributed by atoms with van der Waals surface area (Å²) in [5.74, 6) is 1.75. The Morgan fingerprint density at radius 1 is 0.741 bits per heavy atom. The van der Waals surface area contributed by atoms with E-state index in [0.29, 0.717) is 12.7 Å². The van der Waals surface area contributed by atoms with Gasteiger partial charge in [-0.2, -0.15) is 0 Å². The van der Waals surface area contributed by atoms with E-state index in [-0.39, 0.29) is 6.10 Å². The molecule has 2 nitrogen and oxygen atoms in total. The number of hydrogen-bond acceptors (Lipinski definition) is 2. The molecule has 2 aliphatic rings. The Hall–Kier alpha value is -0.860.